The van der Waals surface area contributed by atoms with Gasteiger partial charge < -0.3 is 4.74 Å². The Balaban J connectivity index is 1.91. The molecule has 0 heterocycles. The number of fused-ring (bicyclic) bond motifs is 1. The summed E-state index contributed by atoms with van der Waals surface area (Å²) in [6, 6.07) is 14.8. The van der Waals surface area contributed by atoms with Gasteiger partial charge in [0, 0.05) is 6.07 Å². The minimum Gasteiger partial charge on any atom is -0.497 e. The quantitative estimate of drug-likeness (QED) is 0.361. The second-order valence-corrected chi connectivity index (χ2v) is 7.78. The van der Waals surface area contributed by atoms with Crippen LogP contribution in [0.5, 0.6) is 5.75 Å². The molecule has 3 aromatic carbocycles. The lowest BCUT2D eigenvalue weighted by Crippen LogP contribution is -2.12. The highest BCUT2D eigenvalue weighted by molar-refractivity contribution is 7.89. The zero-order chi connectivity index (χ0) is 21.2. The Morgan fingerprint density at radius 1 is 1.10 bits per heavy atom. The minimum atomic E-state index is -4.05. The minimum absolute atomic E-state index is 0.0484. The fourth-order valence-electron chi connectivity index (χ4n) is 2.72. The second kappa shape index (κ2) is 7.86. The molecule has 0 atom stereocenters. The molecule has 0 saturated carbocycles. The van der Waals surface area contributed by atoms with E-state index in [-0.39, 0.29) is 10.6 Å². The van der Waals surface area contributed by atoms with E-state index in [1.165, 1.54) is 12.1 Å². The van der Waals surface area contributed by atoms with Crippen molar-refractivity contribution in [3.63, 3.8) is 0 Å². The molecule has 0 saturated heterocycles. The SMILES string of the molecule is COc1ccc2cc(C(C)=NNc3ccc(S(N)(=O)=O)cc3[N+](=O)[O-])ccc2c1. The number of nitrogens with zero attached hydrogens (tertiary/aromatic N) is 2. The Kier molecular flexibility index (Phi) is 5.48. The lowest BCUT2D eigenvalue weighted by atomic mass is 10.0. The number of primary sulfonamides is 1. The van der Waals surface area contributed by atoms with Gasteiger partial charge in [-0.15, -0.1) is 0 Å². The smallest absolute Gasteiger partial charge is 0.295 e. The van der Waals surface area contributed by atoms with Crippen LogP contribution in [-0.4, -0.2) is 26.2 Å². The summed E-state index contributed by atoms with van der Waals surface area (Å²) in [5, 5.41) is 22.5. The number of methoxy groups -OCH3 is 1. The molecule has 0 bridgehead atoms. The van der Waals surface area contributed by atoms with Crippen LogP contribution in [0.1, 0.15) is 12.5 Å². The first-order valence-corrected chi connectivity index (χ1v) is 9.93. The number of anilines is 1. The van der Waals surface area contributed by atoms with Gasteiger partial charge in [-0.3, -0.25) is 15.5 Å². The first-order chi connectivity index (χ1) is 13.7. The van der Waals surface area contributed by atoms with Gasteiger partial charge in [0.15, 0.2) is 0 Å². The maximum Gasteiger partial charge on any atom is 0.295 e. The van der Waals surface area contributed by atoms with Crippen molar-refractivity contribution in [3.8, 4) is 5.75 Å². The van der Waals surface area contributed by atoms with Crippen LogP contribution < -0.4 is 15.3 Å². The third kappa shape index (κ3) is 4.50. The summed E-state index contributed by atoms with van der Waals surface area (Å²) in [6.07, 6.45) is 0. The summed E-state index contributed by atoms with van der Waals surface area (Å²) in [6.45, 7) is 1.75. The maximum absolute atomic E-state index is 11.4. The van der Waals surface area contributed by atoms with E-state index in [2.05, 4.69) is 10.5 Å². The number of benzene rings is 3. The van der Waals surface area contributed by atoms with Gasteiger partial charge in [0.25, 0.3) is 5.69 Å². The maximum atomic E-state index is 11.4. The molecule has 0 spiro atoms. The molecule has 3 N–H and O–H groups in total. The first-order valence-electron chi connectivity index (χ1n) is 8.39. The van der Waals surface area contributed by atoms with Crippen molar-refractivity contribution in [2.75, 3.05) is 12.5 Å². The second-order valence-electron chi connectivity index (χ2n) is 6.22. The van der Waals surface area contributed by atoms with Crippen LogP contribution in [0.25, 0.3) is 10.8 Å². The zero-order valence-electron chi connectivity index (χ0n) is 15.6. The number of nitrogens with one attached hydrogen (secondary N) is 1. The molecule has 10 heteroatoms. The molecule has 0 unspecified atom stereocenters. The van der Waals surface area contributed by atoms with Crippen molar-refractivity contribution in [2.24, 2.45) is 10.2 Å². The largest absolute Gasteiger partial charge is 0.497 e. The molecule has 0 aliphatic rings. The number of nitro groups is 1. The van der Waals surface area contributed by atoms with E-state index in [0.717, 1.165) is 28.2 Å². The lowest BCUT2D eigenvalue weighted by molar-refractivity contribution is -0.384. The average molecular weight is 414 g/mol. The molecule has 29 heavy (non-hydrogen) atoms. The third-order valence-corrected chi connectivity index (χ3v) is 5.21. The van der Waals surface area contributed by atoms with E-state index < -0.39 is 20.6 Å². The van der Waals surface area contributed by atoms with Crippen LogP contribution in [-0.2, 0) is 10.0 Å². The number of hydrogen-bond donors (Lipinski definition) is 2. The predicted octanol–water partition coefficient (Wildman–Crippen LogP) is 3.24. The van der Waals surface area contributed by atoms with E-state index in [1.807, 2.05) is 36.4 Å². The highest BCUT2D eigenvalue weighted by Gasteiger charge is 2.19. The Bertz CT molecular complexity index is 1240. The summed E-state index contributed by atoms with van der Waals surface area (Å²) >= 11 is 0. The van der Waals surface area contributed by atoms with E-state index in [4.69, 9.17) is 9.88 Å². The summed E-state index contributed by atoms with van der Waals surface area (Å²) in [7, 11) is -2.45. The molecule has 3 rings (SSSR count). The predicted molar refractivity (Wildman–Crippen MR) is 111 cm³/mol. The summed E-state index contributed by atoms with van der Waals surface area (Å²) in [5.74, 6) is 0.757. The Labute approximate surface area is 167 Å². The summed E-state index contributed by atoms with van der Waals surface area (Å²) in [5.41, 5.74) is 3.64. The van der Waals surface area contributed by atoms with E-state index in [9.17, 15) is 18.5 Å². The van der Waals surface area contributed by atoms with Gasteiger partial charge in [0.05, 0.1) is 22.6 Å². The van der Waals surface area contributed by atoms with Crippen LogP contribution in [0, 0.1) is 10.1 Å². The number of hydrazone groups is 1. The van der Waals surface area contributed by atoms with Crippen LogP contribution in [0.4, 0.5) is 11.4 Å². The standard InChI is InChI=1S/C19H18N4O5S/c1-12(13-3-4-15-10-16(28-2)6-5-14(15)9-13)21-22-18-8-7-17(29(20,26)27)11-19(18)23(24)25/h3-11,22H,1-2H3,(H2,20,26,27). The van der Waals surface area contributed by atoms with Gasteiger partial charge in [0.1, 0.15) is 11.4 Å². The Morgan fingerprint density at radius 2 is 1.79 bits per heavy atom. The van der Waals surface area contributed by atoms with Crippen LogP contribution in [0.15, 0.2) is 64.6 Å². The van der Waals surface area contributed by atoms with Gasteiger partial charge in [0.2, 0.25) is 10.0 Å². The van der Waals surface area contributed by atoms with Crippen molar-refractivity contribution < 1.29 is 18.1 Å². The molecular weight excluding hydrogens is 396 g/mol. The number of ether oxygens (including phenoxy) is 1. The number of rotatable bonds is 6. The van der Waals surface area contributed by atoms with Gasteiger partial charge in [-0.25, -0.2) is 13.6 Å². The average Bonchev–Trinajstić information content (AvgIpc) is 2.70. The highest BCUT2D eigenvalue weighted by atomic mass is 32.2. The molecular formula is C19H18N4O5S. The van der Waals surface area contributed by atoms with E-state index in [0.29, 0.717) is 5.71 Å². The number of nitro benzene ring substituents is 1. The van der Waals surface area contributed by atoms with Gasteiger partial charge in [-0.05, 0) is 53.6 Å². The fourth-order valence-corrected chi connectivity index (χ4v) is 3.25. The summed E-state index contributed by atoms with van der Waals surface area (Å²) < 4.78 is 28.0. The molecule has 150 valence electrons. The molecule has 9 nitrogen and oxygen atoms in total. The third-order valence-electron chi connectivity index (χ3n) is 4.30. The first kappa shape index (κ1) is 20.2. The molecule has 3 aromatic rings. The van der Waals surface area contributed by atoms with E-state index in [1.54, 1.807) is 14.0 Å². The topological polar surface area (TPSA) is 137 Å². The van der Waals surface area contributed by atoms with Gasteiger partial charge in [-0.1, -0.05) is 18.2 Å². The highest BCUT2D eigenvalue weighted by Crippen LogP contribution is 2.27. The van der Waals surface area contributed by atoms with Gasteiger partial charge in [-0.2, -0.15) is 5.10 Å². The normalized spacial score (nSPS) is 12.0. The molecule has 0 aliphatic heterocycles. The van der Waals surface area contributed by atoms with Crippen LogP contribution in [0.3, 0.4) is 0 Å². The molecule has 0 fully saturated rings. The number of nitrogens with two attached hydrogens (primary N) is 1. The van der Waals surface area contributed by atoms with Crippen molar-refractivity contribution in [1.82, 2.24) is 0 Å². The lowest BCUT2D eigenvalue weighted by Gasteiger charge is -2.07. The molecule has 0 aromatic heterocycles. The van der Waals surface area contributed by atoms with Gasteiger partial charge >= 0.3 is 0 Å². The molecule has 0 radical (unpaired) electrons. The van der Waals surface area contributed by atoms with Crippen molar-refractivity contribution in [3.05, 3.63) is 70.3 Å². The number of sulfonamides is 1. The van der Waals surface area contributed by atoms with Crippen LogP contribution >= 0.6 is 0 Å². The van der Waals surface area contributed by atoms with E-state index >= 15 is 0 Å². The monoisotopic (exact) mass is 414 g/mol. The van der Waals surface area contributed by atoms with Crippen molar-refractivity contribution >= 4 is 37.9 Å². The molecule has 0 aliphatic carbocycles. The van der Waals surface area contributed by atoms with Crippen molar-refractivity contribution in [1.29, 1.82) is 0 Å². The molecule has 0 amide bonds. The zero-order valence-corrected chi connectivity index (χ0v) is 16.4. The Hall–Kier alpha value is -3.50. The Morgan fingerprint density at radius 3 is 2.45 bits per heavy atom. The van der Waals surface area contributed by atoms with Crippen LogP contribution in [0.2, 0.25) is 0 Å². The summed E-state index contributed by atoms with van der Waals surface area (Å²) in [4.78, 5) is 10.2. The van der Waals surface area contributed by atoms with Crippen molar-refractivity contribution in [2.45, 2.75) is 11.8 Å². The number of hydrogen-bond acceptors (Lipinski definition) is 7. The fraction of sp³-hybridized carbons (Fsp3) is 0.105.